The number of carboxylic acid groups (broad SMARTS) is 1. The Kier molecular flexibility index (Phi) is 3.33. The Hall–Kier alpha value is -2.87. The number of carbonyl (C=O) groups is 2. The fraction of sp³-hybridized carbons (Fsp3) is 0.235. The lowest BCUT2D eigenvalue weighted by atomic mass is 10.1. The van der Waals surface area contributed by atoms with Crippen molar-refractivity contribution >= 4 is 33.9 Å². The van der Waals surface area contributed by atoms with E-state index in [1.54, 1.807) is 30.2 Å². The molecule has 1 unspecified atom stereocenters. The van der Waals surface area contributed by atoms with E-state index in [1.165, 1.54) is 0 Å². The number of aryl methyl sites for hydroxylation is 1. The van der Waals surface area contributed by atoms with Crippen molar-refractivity contribution in [1.82, 2.24) is 9.38 Å². The molecule has 1 aliphatic rings. The van der Waals surface area contributed by atoms with Crippen molar-refractivity contribution in [3.8, 4) is 17.0 Å². The molecule has 1 aromatic carbocycles. The van der Waals surface area contributed by atoms with Gasteiger partial charge in [-0.05, 0) is 32.0 Å². The van der Waals surface area contributed by atoms with Crippen LogP contribution in [0.1, 0.15) is 22.3 Å². The number of benzene rings is 1. The molecule has 8 heteroatoms. The highest BCUT2D eigenvalue weighted by molar-refractivity contribution is 7.19. The van der Waals surface area contributed by atoms with Gasteiger partial charge in [0.15, 0.2) is 11.1 Å². The summed E-state index contributed by atoms with van der Waals surface area (Å²) in [4.78, 5) is 30.3. The van der Waals surface area contributed by atoms with Crippen LogP contribution in [0.25, 0.3) is 16.2 Å². The van der Waals surface area contributed by atoms with E-state index in [1.807, 2.05) is 24.4 Å². The quantitative estimate of drug-likeness (QED) is 0.762. The lowest BCUT2D eigenvalue weighted by Crippen LogP contribution is -2.41. The van der Waals surface area contributed by atoms with Crippen molar-refractivity contribution in [1.29, 1.82) is 0 Å². The van der Waals surface area contributed by atoms with Crippen LogP contribution in [0.2, 0.25) is 0 Å². The monoisotopic (exact) mass is 357 g/mol. The van der Waals surface area contributed by atoms with Crippen LogP contribution in [0.4, 0.5) is 5.69 Å². The number of aromatic carboxylic acids is 1. The molecule has 25 heavy (non-hydrogen) atoms. The van der Waals surface area contributed by atoms with Crippen LogP contribution < -0.4 is 9.64 Å². The summed E-state index contributed by atoms with van der Waals surface area (Å²) < 4.78 is 7.40. The maximum atomic E-state index is 12.1. The highest BCUT2D eigenvalue weighted by Crippen LogP contribution is 2.37. The van der Waals surface area contributed by atoms with Crippen molar-refractivity contribution < 1.29 is 19.4 Å². The molecule has 1 atom stereocenters. The molecular formula is C17H15N3O4S. The first kappa shape index (κ1) is 15.6. The predicted octanol–water partition coefficient (Wildman–Crippen LogP) is 2.81. The summed E-state index contributed by atoms with van der Waals surface area (Å²) in [7, 11) is 1.72. The van der Waals surface area contributed by atoms with Crippen LogP contribution in [0, 0.1) is 6.92 Å². The third-order valence-electron chi connectivity index (χ3n) is 4.35. The number of imidazole rings is 1. The first-order valence-corrected chi connectivity index (χ1v) is 8.49. The van der Waals surface area contributed by atoms with E-state index in [0.717, 1.165) is 16.9 Å². The number of carboxylic acids is 1. The Morgan fingerprint density at radius 3 is 2.84 bits per heavy atom. The van der Waals surface area contributed by atoms with Gasteiger partial charge in [0.2, 0.25) is 0 Å². The molecule has 2 aromatic heterocycles. The van der Waals surface area contributed by atoms with E-state index >= 15 is 0 Å². The van der Waals surface area contributed by atoms with E-state index < -0.39 is 12.1 Å². The molecular weight excluding hydrogens is 342 g/mol. The Labute approximate surface area is 147 Å². The molecule has 0 saturated heterocycles. The Bertz CT molecular complexity index is 1040. The first-order chi connectivity index (χ1) is 11.9. The van der Waals surface area contributed by atoms with Crippen molar-refractivity contribution in [2.45, 2.75) is 20.0 Å². The van der Waals surface area contributed by atoms with Crippen LogP contribution >= 0.6 is 11.3 Å². The number of rotatable bonds is 2. The SMILES string of the molecule is Cc1c(C(=O)O)sc2nc(-c3ccc4c(c3)N(C)C(=O)C(C)O4)cn12. The molecule has 0 bridgehead atoms. The minimum atomic E-state index is -0.949. The van der Waals surface area contributed by atoms with Gasteiger partial charge in [0, 0.05) is 24.5 Å². The van der Waals surface area contributed by atoms with Gasteiger partial charge in [-0.2, -0.15) is 0 Å². The van der Waals surface area contributed by atoms with Gasteiger partial charge in [0.05, 0.1) is 11.4 Å². The third kappa shape index (κ3) is 2.29. The predicted molar refractivity (Wildman–Crippen MR) is 93.7 cm³/mol. The number of carbonyl (C=O) groups excluding carboxylic acids is 1. The Morgan fingerprint density at radius 2 is 2.16 bits per heavy atom. The molecule has 1 N–H and O–H groups in total. The second kappa shape index (κ2) is 5.32. The van der Waals surface area contributed by atoms with Gasteiger partial charge in [-0.3, -0.25) is 9.20 Å². The number of anilines is 1. The number of hydrogen-bond acceptors (Lipinski definition) is 5. The standard InChI is InChI=1S/C17H15N3O4S/c1-8-14(16(22)23)25-17-18-11(7-20(8)17)10-4-5-13-12(6-10)19(3)15(21)9(2)24-13/h4-7,9H,1-3H3,(H,22,23). The lowest BCUT2D eigenvalue weighted by Gasteiger charge is -2.30. The van der Waals surface area contributed by atoms with Gasteiger partial charge in [-0.15, -0.1) is 0 Å². The maximum Gasteiger partial charge on any atom is 0.347 e. The molecule has 0 aliphatic carbocycles. The average molecular weight is 357 g/mol. The second-order valence-corrected chi connectivity index (χ2v) is 6.92. The van der Waals surface area contributed by atoms with E-state index in [2.05, 4.69) is 4.98 Å². The molecule has 4 rings (SSSR count). The number of aromatic nitrogens is 2. The number of fused-ring (bicyclic) bond motifs is 2. The summed E-state index contributed by atoms with van der Waals surface area (Å²) in [5, 5.41) is 9.20. The second-order valence-electron chi connectivity index (χ2n) is 5.94. The number of amides is 1. The zero-order valence-corrected chi connectivity index (χ0v) is 14.6. The number of ether oxygens (including phenoxy) is 1. The molecule has 3 heterocycles. The van der Waals surface area contributed by atoms with Gasteiger partial charge in [0.25, 0.3) is 5.91 Å². The van der Waals surface area contributed by atoms with Crippen LogP contribution in [0.15, 0.2) is 24.4 Å². The highest BCUT2D eigenvalue weighted by atomic mass is 32.1. The molecule has 0 radical (unpaired) electrons. The highest BCUT2D eigenvalue weighted by Gasteiger charge is 2.29. The summed E-state index contributed by atoms with van der Waals surface area (Å²) in [6.07, 6.45) is 1.31. The van der Waals surface area contributed by atoms with Crippen LogP contribution in [0.5, 0.6) is 5.75 Å². The van der Waals surface area contributed by atoms with Crippen molar-refractivity contribution in [3.05, 3.63) is 35.0 Å². The molecule has 0 fully saturated rings. The van der Waals surface area contributed by atoms with Crippen molar-refractivity contribution in [3.63, 3.8) is 0 Å². The largest absolute Gasteiger partial charge is 0.479 e. The maximum absolute atomic E-state index is 12.1. The van der Waals surface area contributed by atoms with Gasteiger partial charge >= 0.3 is 5.97 Å². The number of likely N-dealkylation sites (N-methyl/N-ethyl adjacent to an activating group) is 1. The molecule has 1 amide bonds. The minimum Gasteiger partial charge on any atom is -0.479 e. The Balaban J connectivity index is 1.79. The fourth-order valence-electron chi connectivity index (χ4n) is 2.96. The number of nitrogens with zero attached hydrogens (tertiary/aromatic N) is 3. The minimum absolute atomic E-state index is 0.0996. The summed E-state index contributed by atoms with van der Waals surface area (Å²) in [6.45, 7) is 3.48. The molecule has 128 valence electrons. The zero-order chi connectivity index (χ0) is 17.9. The van der Waals surface area contributed by atoms with Crippen LogP contribution in [-0.2, 0) is 4.79 Å². The zero-order valence-electron chi connectivity index (χ0n) is 13.8. The molecule has 1 aliphatic heterocycles. The van der Waals surface area contributed by atoms with Gasteiger partial charge in [0.1, 0.15) is 10.6 Å². The third-order valence-corrected chi connectivity index (χ3v) is 5.49. The molecule has 0 saturated carbocycles. The summed E-state index contributed by atoms with van der Waals surface area (Å²) in [6, 6.07) is 5.57. The summed E-state index contributed by atoms with van der Waals surface area (Å²) in [5.74, 6) is -0.393. The Morgan fingerprint density at radius 1 is 1.40 bits per heavy atom. The molecule has 3 aromatic rings. The topological polar surface area (TPSA) is 84.1 Å². The van der Waals surface area contributed by atoms with Gasteiger partial charge in [-0.25, -0.2) is 9.78 Å². The number of hydrogen-bond donors (Lipinski definition) is 1. The number of thiazole rings is 1. The van der Waals surface area contributed by atoms with Crippen LogP contribution in [-0.4, -0.2) is 39.5 Å². The van der Waals surface area contributed by atoms with Crippen LogP contribution in [0.3, 0.4) is 0 Å². The first-order valence-electron chi connectivity index (χ1n) is 7.67. The lowest BCUT2D eigenvalue weighted by molar-refractivity contribution is -0.125. The normalized spacial score (nSPS) is 16.8. The van der Waals surface area contributed by atoms with Gasteiger partial charge < -0.3 is 14.7 Å². The van der Waals surface area contributed by atoms with Crippen molar-refractivity contribution in [2.75, 3.05) is 11.9 Å². The van der Waals surface area contributed by atoms with E-state index in [0.29, 0.717) is 27.8 Å². The molecule has 0 spiro atoms. The summed E-state index contributed by atoms with van der Waals surface area (Å²) >= 11 is 1.14. The van der Waals surface area contributed by atoms with E-state index in [9.17, 15) is 14.7 Å². The van der Waals surface area contributed by atoms with E-state index in [-0.39, 0.29) is 10.8 Å². The van der Waals surface area contributed by atoms with Gasteiger partial charge in [-0.1, -0.05) is 11.3 Å². The average Bonchev–Trinajstić information content (AvgIpc) is 3.12. The smallest absolute Gasteiger partial charge is 0.347 e. The summed E-state index contributed by atoms with van der Waals surface area (Å²) in [5.41, 5.74) is 2.89. The van der Waals surface area contributed by atoms with Crippen molar-refractivity contribution in [2.24, 2.45) is 0 Å². The fourth-order valence-corrected chi connectivity index (χ4v) is 3.91. The molecule has 7 nitrogen and oxygen atoms in total. The van der Waals surface area contributed by atoms with E-state index in [4.69, 9.17) is 4.74 Å².